The van der Waals surface area contributed by atoms with Gasteiger partial charge in [-0.15, -0.1) is 0 Å². The molecular formula is C14H11F2N3O3. The van der Waals surface area contributed by atoms with Gasteiger partial charge in [-0.3, -0.25) is 9.89 Å². The Bertz CT molecular complexity index is 773. The van der Waals surface area contributed by atoms with Crippen LogP contribution in [-0.4, -0.2) is 29.2 Å². The first-order valence-corrected chi connectivity index (χ1v) is 6.42. The van der Waals surface area contributed by atoms with Crippen molar-refractivity contribution in [1.82, 2.24) is 10.2 Å². The van der Waals surface area contributed by atoms with Crippen molar-refractivity contribution in [3.63, 3.8) is 0 Å². The highest BCUT2D eigenvalue weighted by Gasteiger charge is 2.34. The molecule has 1 aromatic carbocycles. The molecule has 3 rings (SSSR count). The van der Waals surface area contributed by atoms with E-state index in [1.165, 1.54) is 13.2 Å². The molecule has 1 aliphatic heterocycles. The average Bonchev–Trinajstić information content (AvgIpc) is 2.92. The number of aromatic amines is 1. The summed E-state index contributed by atoms with van der Waals surface area (Å²) in [5.41, 5.74) is 0.853. The Labute approximate surface area is 123 Å². The van der Waals surface area contributed by atoms with Crippen molar-refractivity contribution in [1.29, 1.82) is 0 Å². The summed E-state index contributed by atoms with van der Waals surface area (Å²) < 4.78 is 31.2. The Morgan fingerprint density at radius 3 is 2.82 bits per heavy atom. The molecule has 0 fully saturated rings. The Morgan fingerprint density at radius 1 is 1.36 bits per heavy atom. The molecule has 1 unspecified atom stereocenters. The Balaban J connectivity index is 2.13. The van der Waals surface area contributed by atoms with E-state index in [1.807, 2.05) is 0 Å². The molecule has 2 heterocycles. The van der Waals surface area contributed by atoms with Crippen molar-refractivity contribution in [2.24, 2.45) is 0 Å². The first-order chi connectivity index (χ1) is 10.5. The zero-order valence-electron chi connectivity index (χ0n) is 11.4. The molecule has 1 amide bonds. The lowest BCUT2D eigenvalue weighted by Crippen LogP contribution is -2.24. The van der Waals surface area contributed by atoms with Crippen LogP contribution in [0.2, 0.25) is 0 Å². The van der Waals surface area contributed by atoms with Gasteiger partial charge in [-0.2, -0.15) is 5.10 Å². The summed E-state index contributed by atoms with van der Waals surface area (Å²) in [7, 11) is 1.21. The van der Waals surface area contributed by atoms with E-state index in [9.17, 15) is 18.4 Å². The maximum atomic E-state index is 13.5. The number of aromatic nitrogens is 2. The molecule has 2 N–H and O–H groups in total. The molecule has 8 heteroatoms. The predicted molar refractivity (Wildman–Crippen MR) is 71.4 cm³/mol. The second-order valence-electron chi connectivity index (χ2n) is 4.83. The monoisotopic (exact) mass is 307 g/mol. The number of nitrogens with zero attached hydrogens (tertiary/aromatic N) is 1. The summed E-state index contributed by atoms with van der Waals surface area (Å²) >= 11 is 0. The summed E-state index contributed by atoms with van der Waals surface area (Å²) in [6.45, 7) is 0. The minimum Gasteiger partial charge on any atom is -0.464 e. The molecular weight excluding hydrogens is 296 g/mol. The van der Waals surface area contributed by atoms with E-state index in [0.29, 0.717) is 11.1 Å². The zero-order chi connectivity index (χ0) is 15.9. The number of amides is 1. The summed E-state index contributed by atoms with van der Waals surface area (Å²) in [5.74, 6) is -3.42. The van der Waals surface area contributed by atoms with Crippen LogP contribution in [0.4, 0.5) is 14.6 Å². The molecule has 1 aromatic heterocycles. The molecule has 0 aliphatic carbocycles. The van der Waals surface area contributed by atoms with Gasteiger partial charge in [0.1, 0.15) is 5.69 Å². The molecule has 0 spiro atoms. The lowest BCUT2D eigenvalue weighted by molar-refractivity contribution is -0.116. The molecule has 1 atom stereocenters. The average molecular weight is 307 g/mol. The first-order valence-electron chi connectivity index (χ1n) is 6.42. The van der Waals surface area contributed by atoms with Crippen LogP contribution in [0.5, 0.6) is 0 Å². The third-order valence-corrected chi connectivity index (χ3v) is 3.54. The van der Waals surface area contributed by atoms with E-state index in [0.717, 1.165) is 12.1 Å². The number of benzene rings is 1. The lowest BCUT2D eigenvalue weighted by Gasteiger charge is -2.23. The molecule has 0 saturated carbocycles. The van der Waals surface area contributed by atoms with Crippen molar-refractivity contribution in [3.8, 4) is 0 Å². The quantitative estimate of drug-likeness (QED) is 0.831. The Morgan fingerprint density at radius 2 is 2.14 bits per heavy atom. The van der Waals surface area contributed by atoms with Crippen LogP contribution in [-0.2, 0) is 9.53 Å². The van der Waals surface area contributed by atoms with Crippen molar-refractivity contribution < 1.29 is 23.1 Å². The number of nitrogens with one attached hydrogen (secondary N) is 2. The number of hydrogen-bond donors (Lipinski definition) is 2. The largest absolute Gasteiger partial charge is 0.464 e. The third kappa shape index (κ3) is 2.22. The van der Waals surface area contributed by atoms with Crippen LogP contribution in [0.25, 0.3) is 0 Å². The second kappa shape index (κ2) is 5.21. The molecule has 0 radical (unpaired) electrons. The number of H-pyrrole nitrogens is 1. The normalized spacial score (nSPS) is 16.9. The highest BCUT2D eigenvalue weighted by atomic mass is 19.2. The van der Waals surface area contributed by atoms with Gasteiger partial charge in [-0.25, -0.2) is 13.6 Å². The summed E-state index contributed by atoms with van der Waals surface area (Å²) in [6.07, 6.45) is -0.0123. The second-order valence-corrected chi connectivity index (χ2v) is 4.83. The van der Waals surface area contributed by atoms with Gasteiger partial charge in [0.15, 0.2) is 17.5 Å². The number of halogens is 2. The van der Waals surface area contributed by atoms with Gasteiger partial charge >= 0.3 is 5.97 Å². The zero-order valence-corrected chi connectivity index (χ0v) is 11.4. The fourth-order valence-corrected chi connectivity index (χ4v) is 2.53. The van der Waals surface area contributed by atoms with E-state index >= 15 is 0 Å². The van der Waals surface area contributed by atoms with Gasteiger partial charge in [0.25, 0.3) is 0 Å². The molecule has 114 valence electrons. The summed E-state index contributed by atoms with van der Waals surface area (Å²) in [5, 5.41) is 8.90. The standard InChI is InChI=1S/C14H11F2N3O3/c1-22-14(21)12-11-7(5-10(20)17-13(11)19-18-12)6-2-3-8(15)9(16)4-6/h2-4,7H,5H2,1H3,(H2,17,18,19,20). The number of ether oxygens (including phenoxy) is 1. The van der Waals surface area contributed by atoms with Gasteiger partial charge in [-0.1, -0.05) is 6.07 Å². The number of carbonyl (C=O) groups is 2. The highest BCUT2D eigenvalue weighted by Crippen LogP contribution is 2.38. The number of hydrogen-bond acceptors (Lipinski definition) is 4. The molecule has 22 heavy (non-hydrogen) atoms. The minimum atomic E-state index is -1.02. The Kier molecular flexibility index (Phi) is 3.36. The fourth-order valence-electron chi connectivity index (χ4n) is 2.53. The van der Waals surface area contributed by atoms with Crippen molar-refractivity contribution in [3.05, 3.63) is 46.7 Å². The maximum absolute atomic E-state index is 13.5. The molecule has 0 bridgehead atoms. The van der Waals surface area contributed by atoms with Crippen LogP contribution in [0, 0.1) is 11.6 Å². The lowest BCUT2D eigenvalue weighted by atomic mass is 9.85. The van der Waals surface area contributed by atoms with Gasteiger partial charge in [-0.05, 0) is 17.7 Å². The van der Waals surface area contributed by atoms with Crippen molar-refractivity contribution in [2.75, 3.05) is 12.4 Å². The smallest absolute Gasteiger partial charge is 0.356 e. The van der Waals surface area contributed by atoms with Crippen LogP contribution >= 0.6 is 0 Å². The van der Waals surface area contributed by atoms with E-state index in [-0.39, 0.29) is 23.8 Å². The first kappa shape index (κ1) is 14.2. The SMILES string of the molecule is COC(=O)c1[nH]nc2c1C(c1ccc(F)c(F)c1)CC(=O)N2. The number of fused-ring (bicyclic) bond motifs is 1. The van der Waals surface area contributed by atoms with Crippen LogP contribution in [0.1, 0.15) is 34.0 Å². The van der Waals surface area contributed by atoms with Gasteiger partial charge in [0.05, 0.1) is 7.11 Å². The van der Waals surface area contributed by atoms with Crippen LogP contribution in [0.3, 0.4) is 0 Å². The Hall–Kier alpha value is -2.77. The maximum Gasteiger partial charge on any atom is 0.356 e. The van der Waals surface area contributed by atoms with Gasteiger partial charge in [0, 0.05) is 17.9 Å². The van der Waals surface area contributed by atoms with E-state index in [2.05, 4.69) is 20.3 Å². The van der Waals surface area contributed by atoms with Crippen LogP contribution in [0.15, 0.2) is 18.2 Å². The predicted octanol–water partition coefficient (Wildman–Crippen LogP) is 1.95. The summed E-state index contributed by atoms with van der Waals surface area (Å²) in [4.78, 5) is 23.5. The van der Waals surface area contributed by atoms with Crippen LogP contribution < -0.4 is 5.32 Å². The topological polar surface area (TPSA) is 84.1 Å². The van der Waals surface area contributed by atoms with E-state index in [4.69, 9.17) is 0 Å². The summed E-state index contributed by atoms with van der Waals surface area (Å²) in [6, 6.07) is 3.37. The van der Waals surface area contributed by atoms with Crippen molar-refractivity contribution >= 4 is 17.7 Å². The van der Waals surface area contributed by atoms with Gasteiger partial charge in [0.2, 0.25) is 5.91 Å². The minimum absolute atomic E-state index is 0.0123. The van der Waals surface area contributed by atoms with Gasteiger partial charge < -0.3 is 10.1 Å². The highest BCUT2D eigenvalue weighted by molar-refractivity contribution is 5.98. The number of anilines is 1. The fraction of sp³-hybridized carbons (Fsp3) is 0.214. The molecule has 2 aromatic rings. The van der Waals surface area contributed by atoms with E-state index in [1.54, 1.807) is 0 Å². The third-order valence-electron chi connectivity index (χ3n) is 3.54. The molecule has 1 aliphatic rings. The molecule has 0 saturated heterocycles. The van der Waals surface area contributed by atoms with E-state index < -0.39 is 23.5 Å². The number of esters is 1. The number of rotatable bonds is 2. The van der Waals surface area contributed by atoms with Crippen molar-refractivity contribution in [2.45, 2.75) is 12.3 Å². The number of carbonyl (C=O) groups excluding carboxylic acids is 2. The molecule has 6 nitrogen and oxygen atoms in total. The number of methoxy groups -OCH3 is 1.